The number of aliphatic carboxylic acids is 1. The fraction of sp³-hybridized carbons (Fsp3) is 0.0870. The minimum absolute atomic E-state index is 0.396. The highest BCUT2D eigenvalue weighted by Crippen LogP contribution is 2.35. The number of carboxylic acid groups (broad SMARTS) is 1. The summed E-state index contributed by atoms with van der Waals surface area (Å²) in [4.78, 5) is 11.5. The average Bonchev–Trinajstić information content (AvgIpc) is 2.72. The van der Waals surface area contributed by atoms with Crippen LogP contribution in [0.25, 0.3) is 5.57 Å². The van der Waals surface area contributed by atoms with Crippen LogP contribution in [-0.4, -0.2) is 23.4 Å². The van der Waals surface area contributed by atoms with Crippen molar-refractivity contribution in [3.05, 3.63) is 97.9 Å². The topological polar surface area (TPSA) is 46.5 Å². The largest absolute Gasteiger partial charge is 0.482 e. The van der Waals surface area contributed by atoms with Crippen LogP contribution < -0.4 is 4.74 Å². The summed E-state index contributed by atoms with van der Waals surface area (Å²) in [5, 5.41) is 9.25. The Kier molecular flexibility index (Phi) is 8.45. The lowest BCUT2D eigenvalue weighted by Crippen LogP contribution is -2.09. The van der Waals surface area contributed by atoms with E-state index >= 15 is 0 Å². The molecule has 0 saturated heterocycles. The van der Waals surface area contributed by atoms with Gasteiger partial charge in [0.1, 0.15) is 5.75 Å². The summed E-state index contributed by atoms with van der Waals surface area (Å²) in [7, 11) is 0. The van der Waals surface area contributed by atoms with Gasteiger partial charge < -0.3 is 9.84 Å². The summed E-state index contributed by atoms with van der Waals surface area (Å²) in [5.41, 5.74) is 3.32. The zero-order valence-corrected chi connectivity index (χ0v) is 20.4. The Bertz CT molecular complexity index is 1040. The number of hydrogen-bond acceptors (Lipinski definition) is 3. The Morgan fingerprint density at radius 1 is 1.00 bits per heavy atom. The first-order valence-corrected chi connectivity index (χ1v) is 11.9. The quantitative estimate of drug-likeness (QED) is 0.285. The van der Waals surface area contributed by atoms with Gasteiger partial charge in [-0.05, 0) is 47.0 Å². The third-order valence-corrected chi connectivity index (χ3v) is 6.93. The normalized spacial score (nSPS) is 10.5. The SMILES string of the molecule is O=C(O)COc1ccc(SCC=C(c2ccccc2Br)c2ccccc2Br)c(Cl)c1. The van der Waals surface area contributed by atoms with Crippen LogP contribution in [0, 0.1) is 0 Å². The molecule has 0 fully saturated rings. The summed E-state index contributed by atoms with van der Waals surface area (Å²) >= 11 is 15.3. The molecule has 0 unspecified atom stereocenters. The van der Waals surface area contributed by atoms with Crippen LogP contribution in [0.1, 0.15) is 11.1 Å². The first-order valence-electron chi connectivity index (χ1n) is 8.92. The lowest BCUT2D eigenvalue weighted by Gasteiger charge is -2.13. The van der Waals surface area contributed by atoms with Gasteiger partial charge in [-0.25, -0.2) is 4.79 Å². The molecular weight excluding hydrogens is 552 g/mol. The molecule has 0 aliphatic rings. The summed E-state index contributed by atoms with van der Waals surface area (Å²) < 4.78 is 7.22. The van der Waals surface area contributed by atoms with E-state index in [9.17, 15) is 4.79 Å². The zero-order chi connectivity index (χ0) is 21.5. The fourth-order valence-electron chi connectivity index (χ4n) is 2.77. The molecule has 0 heterocycles. The van der Waals surface area contributed by atoms with Gasteiger partial charge in [0.25, 0.3) is 0 Å². The molecule has 0 amide bonds. The number of halogens is 3. The molecule has 3 aromatic carbocycles. The smallest absolute Gasteiger partial charge is 0.341 e. The van der Waals surface area contributed by atoms with Crippen molar-refractivity contribution in [3.8, 4) is 5.75 Å². The molecule has 7 heteroatoms. The van der Waals surface area contributed by atoms with Gasteiger partial charge in [-0.15, -0.1) is 11.8 Å². The molecule has 3 nitrogen and oxygen atoms in total. The summed E-state index contributed by atoms with van der Waals surface area (Å²) in [6, 6.07) is 21.5. The van der Waals surface area contributed by atoms with Gasteiger partial charge in [0.15, 0.2) is 6.61 Å². The van der Waals surface area contributed by atoms with E-state index in [1.807, 2.05) is 42.5 Å². The van der Waals surface area contributed by atoms with Gasteiger partial charge in [0.05, 0.1) is 5.02 Å². The summed E-state index contributed by atoms with van der Waals surface area (Å²) in [6.45, 7) is -0.396. The van der Waals surface area contributed by atoms with E-state index < -0.39 is 12.6 Å². The van der Waals surface area contributed by atoms with Crippen LogP contribution in [-0.2, 0) is 4.79 Å². The van der Waals surface area contributed by atoms with E-state index in [0.29, 0.717) is 16.5 Å². The van der Waals surface area contributed by atoms with Gasteiger partial charge in [0, 0.05) is 19.6 Å². The van der Waals surface area contributed by atoms with Crippen LogP contribution in [0.5, 0.6) is 5.75 Å². The number of benzene rings is 3. The third kappa shape index (κ3) is 6.14. The second-order valence-electron chi connectivity index (χ2n) is 6.16. The maximum atomic E-state index is 10.6. The first-order chi connectivity index (χ1) is 14.5. The molecule has 3 aromatic rings. The van der Waals surface area contributed by atoms with E-state index in [1.165, 1.54) is 0 Å². The second-order valence-corrected chi connectivity index (χ2v) is 9.34. The Morgan fingerprint density at radius 2 is 1.60 bits per heavy atom. The van der Waals surface area contributed by atoms with Gasteiger partial charge in [0.2, 0.25) is 0 Å². The molecule has 30 heavy (non-hydrogen) atoms. The second kappa shape index (κ2) is 11.0. The average molecular weight is 569 g/mol. The molecule has 0 aliphatic heterocycles. The lowest BCUT2D eigenvalue weighted by molar-refractivity contribution is -0.139. The maximum Gasteiger partial charge on any atom is 0.341 e. The number of thioether (sulfide) groups is 1. The van der Waals surface area contributed by atoms with Crippen molar-refractivity contribution in [2.45, 2.75) is 4.90 Å². The summed E-state index contributed by atoms with van der Waals surface area (Å²) in [6.07, 6.45) is 2.18. The molecule has 0 radical (unpaired) electrons. The van der Waals surface area contributed by atoms with Gasteiger partial charge in [-0.2, -0.15) is 0 Å². The van der Waals surface area contributed by atoms with E-state index in [-0.39, 0.29) is 0 Å². The minimum atomic E-state index is -1.03. The molecular formula is C23H17Br2ClO3S. The van der Waals surface area contributed by atoms with Crippen LogP contribution in [0.15, 0.2) is 86.6 Å². The van der Waals surface area contributed by atoms with Crippen molar-refractivity contribution in [3.63, 3.8) is 0 Å². The van der Waals surface area contributed by atoms with Crippen molar-refractivity contribution in [2.24, 2.45) is 0 Å². The van der Waals surface area contributed by atoms with Crippen LogP contribution in [0.2, 0.25) is 5.02 Å². The third-order valence-electron chi connectivity index (χ3n) is 4.12. The Morgan fingerprint density at radius 3 is 2.13 bits per heavy atom. The number of hydrogen-bond donors (Lipinski definition) is 1. The molecule has 1 N–H and O–H groups in total. The highest BCUT2D eigenvalue weighted by atomic mass is 79.9. The molecule has 0 aliphatic carbocycles. The number of ether oxygens (including phenoxy) is 1. The van der Waals surface area contributed by atoms with Crippen molar-refractivity contribution in [2.75, 3.05) is 12.4 Å². The molecule has 0 saturated carbocycles. The molecule has 0 aromatic heterocycles. The predicted molar refractivity (Wildman–Crippen MR) is 131 cm³/mol. The molecule has 0 atom stereocenters. The standard InChI is InChI=1S/C23H17Br2ClO3S/c24-19-7-3-1-5-17(19)16(18-6-2-4-8-20(18)25)11-12-30-22-10-9-15(13-21(22)26)29-14-23(27)28/h1-11,13H,12,14H2,(H,27,28). The summed E-state index contributed by atoms with van der Waals surface area (Å²) in [5.74, 6) is 0.110. The van der Waals surface area contributed by atoms with Crippen molar-refractivity contribution >= 4 is 66.8 Å². The van der Waals surface area contributed by atoms with Gasteiger partial charge >= 0.3 is 5.97 Å². The van der Waals surface area contributed by atoms with Gasteiger partial charge in [-0.3, -0.25) is 0 Å². The lowest BCUT2D eigenvalue weighted by atomic mass is 9.98. The van der Waals surface area contributed by atoms with Crippen molar-refractivity contribution in [1.29, 1.82) is 0 Å². The van der Waals surface area contributed by atoms with E-state index in [2.05, 4.69) is 50.1 Å². The van der Waals surface area contributed by atoms with Crippen LogP contribution in [0.4, 0.5) is 0 Å². The van der Waals surface area contributed by atoms with Gasteiger partial charge in [-0.1, -0.05) is 85.9 Å². The van der Waals surface area contributed by atoms with E-state index in [0.717, 1.165) is 30.5 Å². The first kappa shape index (κ1) is 22.9. The zero-order valence-electron chi connectivity index (χ0n) is 15.6. The Labute approximate surface area is 201 Å². The fourth-order valence-corrected chi connectivity index (χ4v) is 4.89. The molecule has 0 bridgehead atoms. The van der Waals surface area contributed by atoms with Crippen LogP contribution in [0.3, 0.4) is 0 Å². The highest BCUT2D eigenvalue weighted by molar-refractivity contribution is 9.10. The maximum absolute atomic E-state index is 10.6. The molecule has 154 valence electrons. The predicted octanol–water partition coefficient (Wildman–Crippen LogP) is 7.55. The number of carboxylic acids is 1. The number of carbonyl (C=O) groups is 1. The van der Waals surface area contributed by atoms with Crippen LogP contribution >= 0.6 is 55.2 Å². The Balaban J connectivity index is 1.83. The van der Waals surface area contributed by atoms with E-state index in [4.69, 9.17) is 21.4 Å². The molecule has 3 rings (SSSR count). The van der Waals surface area contributed by atoms with Crippen molar-refractivity contribution in [1.82, 2.24) is 0 Å². The minimum Gasteiger partial charge on any atom is -0.482 e. The van der Waals surface area contributed by atoms with E-state index in [1.54, 1.807) is 23.9 Å². The van der Waals surface area contributed by atoms with Crippen molar-refractivity contribution < 1.29 is 14.6 Å². The Hall–Kier alpha value is -1.73. The number of rotatable bonds is 8. The highest BCUT2D eigenvalue weighted by Gasteiger charge is 2.12. The molecule has 0 spiro atoms. The monoisotopic (exact) mass is 566 g/mol.